The van der Waals surface area contributed by atoms with E-state index in [0.29, 0.717) is 12.5 Å². The van der Waals surface area contributed by atoms with Crippen molar-refractivity contribution in [1.82, 2.24) is 20.2 Å². The summed E-state index contributed by atoms with van der Waals surface area (Å²) in [5.41, 5.74) is 0.904. The van der Waals surface area contributed by atoms with Crippen LogP contribution in [0.15, 0.2) is 12.3 Å². The molecule has 1 N–H and O–H groups in total. The highest BCUT2D eigenvalue weighted by atomic mass is 16.2. The molecular weight excluding hydrogens is 230 g/mol. The Morgan fingerprint density at radius 2 is 2.22 bits per heavy atom. The third kappa shape index (κ3) is 3.16. The van der Waals surface area contributed by atoms with Crippen LogP contribution in [0.2, 0.25) is 0 Å². The number of anilines is 1. The average molecular weight is 249 g/mol. The van der Waals surface area contributed by atoms with E-state index in [0.717, 1.165) is 31.9 Å². The van der Waals surface area contributed by atoms with E-state index in [1.54, 1.807) is 11.1 Å². The van der Waals surface area contributed by atoms with Crippen molar-refractivity contribution >= 4 is 11.9 Å². The maximum atomic E-state index is 12.1. The lowest BCUT2D eigenvalue weighted by Gasteiger charge is -2.29. The van der Waals surface area contributed by atoms with Crippen LogP contribution in [0.5, 0.6) is 0 Å². The van der Waals surface area contributed by atoms with Gasteiger partial charge in [-0.15, -0.1) is 0 Å². The summed E-state index contributed by atoms with van der Waals surface area (Å²) in [6.07, 6.45) is 1.71. The molecule has 0 saturated carbocycles. The topological polar surface area (TPSA) is 61.4 Å². The molecule has 0 radical (unpaired) electrons. The van der Waals surface area contributed by atoms with Gasteiger partial charge in [0, 0.05) is 45.1 Å². The molecule has 0 spiro atoms. The van der Waals surface area contributed by atoms with Gasteiger partial charge in [-0.2, -0.15) is 0 Å². The number of aryl methyl sites for hydroxylation is 1. The van der Waals surface area contributed by atoms with E-state index in [2.05, 4.69) is 15.3 Å². The molecule has 18 heavy (non-hydrogen) atoms. The SMILES string of the molecule is Cc1ccnc(N(C)CC(=O)N2CCNCC2)n1. The molecular formula is C12H19N5O. The first-order chi connectivity index (χ1) is 8.66. The fourth-order valence-electron chi connectivity index (χ4n) is 1.91. The number of likely N-dealkylation sites (N-methyl/N-ethyl adjacent to an activating group) is 1. The molecule has 1 saturated heterocycles. The summed E-state index contributed by atoms with van der Waals surface area (Å²) < 4.78 is 0. The number of piperazine rings is 1. The number of carbonyl (C=O) groups excluding carboxylic acids is 1. The van der Waals surface area contributed by atoms with E-state index >= 15 is 0 Å². The number of hydrogen-bond donors (Lipinski definition) is 1. The number of amides is 1. The van der Waals surface area contributed by atoms with Crippen LogP contribution in [0, 0.1) is 6.92 Å². The predicted octanol–water partition coefficient (Wildman–Crippen LogP) is -0.347. The van der Waals surface area contributed by atoms with Crippen LogP contribution in [0.1, 0.15) is 5.69 Å². The van der Waals surface area contributed by atoms with Crippen molar-refractivity contribution in [2.75, 3.05) is 44.7 Å². The molecule has 2 rings (SSSR count). The Morgan fingerprint density at radius 1 is 1.50 bits per heavy atom. The van der Waals surface area contributed by atoms with E-state index < -0.39 is 0 Å². The average Bonchev–Trinajstić information content (AvgIpc) is 2.39. The Balaban J connectivity index is 1.94. The van der Waals surface area contributed by atoms with Crippen LogP contribution in [0.3, 0.4) is 0 Å². The van der Waals surface area contributed by atoms with Gasteiger partial charge in [-0.3, -0.25) is 4.79 Å². The summed E-state index contributed by atoms with van der Waals surface area (Å²) >= 11 is 0. The number of nitrogens with one attached hydrogen (secondary N) is 1. The normalized spacial score (nSPS) is 15.6. The maximum Gasteiger partial charge on any atom is 0.242 e. The van der Waals surface area contributed by atoms with E-state index in [9.17, 15) is 4.79 Å². The van der Waals surface area contributed by atoms with Crippen molar-refractivity contribution in [3.63, 3.8) is 0 Å². The van der Waals surface area contributed by atoms with Crippen LogP contribution in [0.25, 0.3) is 0 Å². The van der Waals surface area contributed by atoms with Crippen molar-refractivity contribution in [2.45, 2.75) is 6.92 Å². The number of hydrogen-bond acceptors (Lipinski definition) is 5. The second-order valence-corrected chi connectivity index (χ2v) is 4.48. The Hall–Kier alpha value is -1.69. The molecule has 1 aliphatic rings. The van der Waals surface area contributed by atoms with Gasteiger partial charge >= 0.3 is 0 Å². The number of carbonyl (C=O) groups is 1. The minimum atomic E-state index is 0.129. The molecule has 0 unspecified atom stereocenters. The summed E-state index contributed by atoms with van der Waals surface area (Å²) in [6, 6.07) is 1.84. The predicted molar refractivity (Wildman–Crippen MR) is 69.5 cm³/mol. The fourth-order valence-corrected chi connectivity index (χ4v) is 1.91. The number of aromatic nitrogens is 2. The molecule has 1 amide bonds. The van der Waals surface area contributed by atoms with Gasteiger partial charge in [0.2, 0.25) is 11.9 Å². The molecule has 0 bridgehead atoms. The zero-order chi connectivity index (χ0) is 13.0. The lowest BCUT2D eigenvalue weighted by atomic mass is 10.3. The van der Waals surface area contributed by atoms with E-state index in [1.165, 1.54) is 0 Å². The van der Waals surface area contributed by atoms with Crippen molar-refractivity contribution < 1.29 is 4.79 Å². The van der Waals surface area contributed by atoms with Crippen LogP contribution in [-0.4, -0.2) is 60.5 Å². The highest BCUT2D eigenvalue weighted by molar-refractivity contribution is 5.80. The molecule has 0 atom stereocenters. The lowest BCUT2D eigenvalue weighted by Crippen LogP contribution is -2.49. The van der Waals surface area contributed by atoms with Crippen molar-refractivity contribution in [3.8, 4) is 0 Å². The van der Waals surface area contributed by atoms with E-state index in [-0.39, 0.29) is 5.91 Å². The standard InChI is InChI=1S/C12H19N5O/c1-10-3-4-14-12(15-10)16(2)9-11(18)17-7-5-13-6-8-17/h3-4,13H,5-9H2,1-2H3. The Morgan fingerprint density at radius 3 is 2.89 bits per heavy atom. The molecule has 6 heteroatoms. The monoisotopic (exact) mass is 249 g/mol. The summed E-state index contributed by atoms with van der Waals surface area (Å²) in [5, 5.41) is 3.23. The van der Waals surface area contributed by atoms with Crippen LogP contribution in [0.4, 0.5) is 5.95 Å². The van der Waals surface area contributed by atoms with Gasteiger partial charge in [-0.1, -0.05) is 0 Å². The summed E-state index contributed by atoms with van der Waals surface area (Å²) in [4.78, 5) is 24.2. The summed E-state index contributed by atoms with van der Waals surface area (Å²) in [7, 11) is 1.84. The van der Waals surface area contributed by atoms with Crippen molar-refractivity contribution in [2.24, 2.45) is 0 Å². The van der Waals surface area contributed by atoms with Crippen molar-refractivity contribution in [3.05, 3.63) is 18.0 Å². The second-order valence-electron chi connectivity index (χ2n) is 4.48. The molecule has 1 aromatic heterocycles. The maximum absolute atomic E-state index is 12.1. The first-order valence-electron chi connectivity index (χ1n) is 6.16. The quantitative estimate of drug-likeness (QED) is 0.793. The fraction of sp³-hybridized carbons (Fsp3) is 0.583. The second kappa shape index (κ2) is 5.77. The molecule has 1 aromatic rings. The van der Waals surface area contributed by atoms with Gasteiger partial charge in [0.1, 0.15) is 0 Å². The number of nitrogens with zero attached hydrogens (tertiary/aromatic N) is 4. The third-order valence-electron chi connectivity index (χ3n) is 2.97. The van der Waals surface area contributed by atoms with Gasteiger partial charge in [0.05, 0.1) is 6.54 Å². The lowest BCUT2D eigenvalue weighted by molar-refractivity contribution is -0.130. The zero-order valence-electron chi connectivity index (χ0n) is 10.9. The van der Waals surface area contributed by atoms with Gasteiger partial charge in [-0.05, 0) is 13.0 Å². The van der Waals surface area contributed by atoms with Crippen molar-refractivity contribution in [1.29, 1.82) is 0 Å². The third-order valence-corrected chi connectivity index (χ3v) is 2.97. The Bertz CT molecular complexity index is 417. The Labute approximate surface area is 107 Å². The zero-order valence-corrected chi connectivity index (χ0v) is 10.9. The smallest absolute Gasteiger partial charge is 0.242 e. The highest BCUT2D eigenvalue weighted by Crippen LogP contribution is 2.05. The molecule has 0 aliphatic carbocycles. The summed E-state index contributed by atoms with van der Waals surface area (Å²) in [5.74, 6) is 0.725. The molecule has 6 nitrogen and oxygen atoms in total. The van der Waals surface area contributed by atoms with E-state index in [4.69, 9.17) is 0 Å². The first-order valence-corrected chi connectivity index (χ1v) is 6.16. The van der Waals surface area contributed by atoms with Crippen LogP contribution in [-0.2, 0) is 4.79 Å². The van der Waals surface area contributed by atoms with E-state index in [1.807, 2.05) is 24.9 Å². The summed E-state index contributed by atoms with van der Waals surface area (Å²) in [6.45, 7) is 5.54. The molecule has 2 heterocycles. The molecule has 0 aromatic carbocycles. The Kier molecular flexibility index (Phi) is 4.09. The van der Waals surface area contributed by atoms with Gasteiger partial charge < -0.3 is 15.1 Å². The molecule has 1 aliphatic heterocycles. The van der Waals surface area contributed by atoms with Crippen LogP contribution >= 0.6 is 0 Å². The molecule has 98 valence electrons. The minimum absolute atomic E-state index is 0.129. The number of rotatable bonds is 3. The van der Waals surface area contributed by atoms with Gasteiger partial charge in [0.25, 0.3) is 0 Å². The van der Waals surface area contributed by atoms with Gasteiger partial charge in [-0.25, -0.2) is 9.97 Å². The molecule has 1 fully saturated rings. The minimum Gasteiger partial charge on any atom is -0.339 e. The highest BCUT2D eigenvalue weighted by Gasteiger charge is 2.18. The first kappa shape index (κ1) is 12.8. The van der Waals surface area contributed by atoms with Gasteiger partial charge in [0.15, 0.2) is 0 Å². The largest absolute Gasteiger partial charge is 0.339 e. The van der Waals surface area contributed by atoms with Crippen LogP contribution < -0.4 is 10.2 Å².